The highest BCUT2D eigenvalue weighted by molar-refractivity contribution is 5.74. The van der Waals surface area contributed by atoms with E-state index >= 15 is 0 Å². The highest BCUT2D eigenvalue weighted by atomic mass is 19.1. The molecule has 0 fully saturated rings. The van der Waals surface area contributed by atoms with E-state index in [4.69, 9.17) is 5.73 Å². The number of nitrogens with two attached hydrogens (primary N) is 1. The molecule has 0 saturated heterocycles. The van der Waals surface area contributed by atoms with Crippen LogP contribution in [0.25, 0.3) is 0 Å². The van der Waals surface area contributed by atoms with Gasteiger partial charge in [-0.3, -0.25) is 4.79 Å². The summed E-state index contributed by atoms with van der Waals surface area (Å²) in [5.74, 6) is -1.47. The Morgan fingerprint density at radius 1 is 1.31 bits per heavy atom. The van der Waals surface area contributed by atoms with Gasteiger partial charge in [-0.2, -0.15) is 0 Å². The fourth-order valence-corrected chi connectivity index (χ4v) is 0.643. The van der Waals surface area contributed by atoms with Gasteiger partial charge in [0, 0.05) is 11.6 Å². The van der Waals surface area contributed by atoms with E-state index in [0.717, 1.165) is 18.7 Å². The molecule has 0 unspecified atom stereocenters. The Labute approximate surface area is 75.4 Å². The zero-order valence-corrected chi connectivity index (χ0v) is 7.26. The van der Waals surface area contributed by atoms with E-state index in [1.807, 2.05) is 6.92 Å². The number of halogens is 2. The lowest BCUT2D eigenvalue weighted by atomic mass is 10.2. The van der Waals surface area contributed by atoms with E-state index in [2.05, 4.69) is 0 Å². The van der Waals surface area contributed by atoms with Crippen molar-refractivity contribution in [3.63, 3.8) is 0 Å². The Kier molecular flexibility index (Phi) is 5.63. The highest BCUT2D eigenvalue weighted by Gasteiger charge is 1.97. The van der Waals surface area contributed by atoms with E-state index in [-0.39, 0.29) is 5.56 Å². The van der Waals surface area contributed by atoms with Gasteiger partial charge in [-0.05, 0) is 18.7 Å². The van der Waals surface area contributed by atoms with Gasteiger partial charge in [0.25, 0.3) is 0 Å². The molecule has 0 atom stereocenters. The third-order valence-corrected chi connectivity index (χ3v) is 1.02. The average molecular weight is 187 g/mol. The number of benzene rings is 1. The minimum atomic E-state index is -0.734. The molecule has 0 aliphatic heterocycles. The maximum atomic E-state index is 12.2. The molecule has 4 heteroatoms. The second-order valence-electron chi connectivity index (χ2n) is 2.23. The van der Waals surface area contributed by atoms with Gasteiger partial charge < -0.3 is 5.73 Å². The molecule has 2 nitrogen and oxygen atoms in total. The third kappa shape index (κ3) is 5.03. The standard InChI is InChI=1S/C7H4F2O.C2H7N/c8-6-1-5(4-10)2-7(9)3-6;1-2-3/h1-4H;2-3H2,1H3. The molecule has 0 heterocycles. The van der Waals surface area contributed by atoms with E-state index in [1.54, 1.807) is 0 Å². The van der Waals surface area contributed by atoms with Gasteiger partial charge >= 0.3 is 0 Å². The van der Waals surface area contributed by atoms with Crippen molar-refractivity contribution >= 4 is 6.29 Å². The number of rotatable bonds is 1. The molecule has 0 aliphatic carbocycles. The molecule has 0 spiro atoms. The molecule has 0 saturated carbocycles. The number of hydrogen-bond donors (Lipinski definition) is 1. The van der Waals surface area contributed by atoms with Crippen molar-refractivity contribution in [3.8, 4) is 0 Å². The normalized spacial score (nSPS) is 8.62. The highest BCUT2D eigenvalue weighted by Crippen LogP contribution is 2.04. The maximum absolute atomic E-state index is 12.2. The van der Waals surface area contributed by atoms with Crippen LogP contribution in [0.15, 0.2) is 18.2 Å². The second-order valence-corrected chi connectivity index (χ2v) is 2.23. The van der Waals surface area contributed by atoms with Crippen LogP contribution >= 0.6 is 0 Å². The van der Waals surface area contributed by atoms with Gasteiger partial charge in [0.15, 0.2) is 0 Å². The Hall–Kier alpha value is -1.29. The van der Waals surface area contributed by atoms with Crippen molar-refractivity contribution in [1.82, 2.24) is 0 Å². The molecule has 0 bridgehead atoms. The van der Waals surface area contributed by atoms with Gasteiger partial charge in [-0.25, -0.2) is 8.78 Å². The van der Waals surface area contributed by atoms with Gasteiger partial charge in [0.2, 0.25) is 0 Å². The summed E-state index contributed by atoms with van der Waals surface area (Å²) in [7, 11) is 0. The predicted molar refractivity (Wildman–Crippen MR) is 46.5 cm³/mol. The predicted octanol–water partition coefficient (Wildman–Crippen LogP) is 1.74. The first-order valence-electron chi connectivity index (χ1n) is 3.75. The van der Waals surface area contributed by atoms with Crippen LogP contribution in [0.1, 0.15) is 17.3 Å². The molecule has 1 aromatic rings. The summed E-state index contributed by atoms with van der Waals surface area (Å²) in [6, 6.07) is 2.65. The number of hydrogen-bond acceptors (Lipinski definition) is 2. The molecule has 13 heavy (non-hydrogen) atoms. The van der Waals surface area contributed by atoms with Crippen molar-refractivity contribution in [3.05, 3.63) is 35.4 Å². The first-order chi connectivity index (χ1) is 6.13. The number of aldehydes is 1. The summed E-state index contributed by atoms with van der Waals surface area (Å²) < 4.78 is 24.4. The number of carbonyl (C=O) groups is 1. The van der Waals surface area contributed by atoms with Crippen LogP contribution in [-0.2, 0) is 0 Å². The van der Waals surface area contributed by atoms with Gasteiger partial charge in [-0.1, -0.05) is 6.92 Å². The molecule has 0 aliphatic rings. The van der Waals surface area contributed by atoms with Crippen LogP contribution in [0.4, 0.5) is 8.78 Å². The summed E-state index contributed by atoms with van der Waals surface area (Å²) in [6.45, 7) is 2.65. The van der Waals surface area contributed by atoms with Crippen LogP contribution in [-0.4, -0.2) is 12.8 Å². The van der Waals surface area contributed by atoms with Crippen molar-refractivity contribution in [2.24, 2.45) is 5.73 Å². The quantitative estimate of drug-likeness (QED) is 0.680. The lowest BCUT2D eigenvalue weighted by Gasteiger charge is -1.90. The van der Waals surface area contributed by atoms with Crippen LogP contribution in [0, 0.1) is 11.6 Å². The zero-order chi connectivity index (χ0) is 10.3. The summed E-state index contributed by atoms with van der Waals surface area (Å²) in [4.78, 5) is 9.98. The Balaban J connectivity index is 0.000000424. The second kappa shape index (κ2) is 6.25. The maximum Gasteiger partial charge on any atom is 0.150 e. The first kappa shape index (κ1) is 11.7. The fourth-order valence-electron chi connectivity index (χ4n) is 0.643. The topological polar surface area (TPSA) is 43.1 Å². The monoisotopic (exact) mass is 187 g/mol. The molecule has 2 N–H and O–H groups in total. The molecule has 0 radical (unpaired) electrons. The molecule has 0 aromatic heterocycles. The molecular formula is C9H11F2NO. The smallest absolute Gasteiger partial charge is 0.150 e. The fraction of sp³-hybridized carbons (Fsp3) is 0.222. The minimum Gasteiger partial charge on any atom is -0.331 e. The zero-order valence-electron chi connectivity index (χ0n) is 7.26. The summed E-state index contributed by atoms with van der Waals surface area (Å²) in [5, 5.41) is 0. The summed E-state index contributed by atoms with van der Waals surface area (Å²) in [6.07, 6.45) is 0.395. The van der Waals surface area contributed by atoms with Crippen LogP contribution in [0.3, 0.4) is 0 Å². The van der Waals surface area contributed by atoms with Crippen molar-refractivity contribution in [2.45, 2.75) is 6.92 Å². The van der Waals surface area contributed by atoms with E-state index in [9.17, 15) is 13.6 Å². The molecule has 0 amide bonds. The van der Waals surface area contributed by atoms with E-state index in [0.29, 0.717) is 12.4 Å². The van der Waals surface area contributed by atoms with Crippen molar-refractivity contribution < 1.29 is 13.6 Å². The Morgan fingerprint density at radius 2 is 1.69 bits per heavy atom. The SMILES string of the molecule is CCN.O=Cc1cc(F)cc(F)c1. The lowest BCUT2D eigenvalue weighted by molar-refractivity contribution is 0.112. The van der Waals surface area contributed by atoms with Gasteiger partial charge in [0.05, 0.1) is 0 Å². The van der Waals surface area contributed by atoms with Gasteiger partial charge in [0.1, 0.15) is 17.9 Å². The lowest BCUT2D eigenvalue weighted by Crippen LogP contribution is -1.87. The number of carbonyl (C=O) groups excluding carboxylic acids is 1. The summed E-state index contributed by atoms with van der Waals surface area (Å²) >= 11 is 0. The van der Waals surface area contributed by atoms with E-state index < -0.39 is 11.6 Å². The molecule has 1 aromatic carbocycles. The minimum absolute atomic E-state index is 0.0116. The van der Waals surface area contributed by atoms with Gasteiger partial charge in [-0.15, -0.1) is 0 Å². The van der Waals surface area contributed by atoms with Crippen molar-refractivity contribution in [2.75, 3.05) is 6.54 Å². The average Bonchev–Trinajstić information content (AvgIpc) is 2.04. The van der Waals surface area contributed by atoms with E-state index in [1.165, 1.54) is 0 Å². The Morgan fingerprint density at radius 3 is 2.00 bits per heavy atom. The third-order valence-electron chi connectivity index (χ3n) is 1.02. The summed E-state index contributed by atoms with van der Waals surface area (Å²) in [5.41, 5.74) is 4.86. The van der Waals surface area contributed by atoms with Crippen LogP contribution in [0.2, 0.25) is 0 Å². The molecule has 1 rings (SSSR count). The van der Waals surface area contributed by atoms with Crippen LogP contribution < -0.4 is 5.73 Å². The van der Waals surface area contributed by atoms with Crippen LogP contribution in [0.5, 0.6) is 0 Å². The molecule has 72 valence electrons. The Bertz CT molecular complexity index is 256. The molecular weight excluding hydrogens is 176 g/mol. The van der Waals surface area contributed by atoms with Crippen molar-refractivity contribution in [1.29, 1.82) is 0 Å². The largest absolute Gasteiger partial charge is 0.331 e. The first-order valence-corrected chi connectivity index (χ1v) is 3.75.